The van der Waals surface area contributed by atoms with Crippen LogP contribution in [0, 0.1) is 17.3 Å². The van der Waals surface area contributed by atoms with E-state index in [1.54, 1.807) is 0 Å². The minimum Gasteiger partial charge on any atom is -0.468 e. The van der Waals surface area contributed by atoms with Gasteiger partial charge in [0.25, 0.3) is 0 Å². The Hall–Kier alpha value is -1.32. The lowest BCUT2D eigenvalue weighted by Gasteiger charge is -2.19. The van der Waals surface area contributed by atoms with Crippen molar-refractivity contribution in [3.63, 3.8) is 0 Å². The maximum Gasteiger partial charge on any atom is 0.334 e. The van der Waals surface area contributed by atoms with E-state index in [1.165, 1.54) is 14.2 Å². The summed E-state index contributed by atoms with van der Waals surface area (Å²) in [5, 5.41) is 0. The van der Waals surface area contributed by atoms with E-state index in [9.17, 15) is 9.59 Å². The molecule has 0 aromatic heterocycles. The lowest BCUT2D eigenvalue weighted by Crippen LogP contribution is -2.29. The van der Waals surface area contributed by atoms with Crippen molar-refractivity contribution in [2.24, 2.45) is 17.3 Å². The molecule has 0 heterocycles. The SMILES string of the molecule is C=C(C(=O)OC)C1(C(=O)OC)C2CCCC21. The van der Waals surface area contributed by atoms with Crippen molar-refractivity contribution in [2.45, 2.75) is 19.3 Å². The van der Waals surface area contributed by atoms with Gasteiger partial charge in [0.1, 0.15) is 5.41 Å². The van der Waals surface area contributed by atoms with E-state index in [0.717, 1.165) is 19.3 Å². The molecule has 2 atom stereocenters. The van der Waals surface area contributed by atoms with Crippen LogP contribution in [0.1, 0.15) is 19.3 Å². The molecule has 0 amide bonds. The molecule has 2 aliphatic rings. The Morgan fingerprint density at radius 1 is 1.19 bits per heavy atom. The first-order chi connectivity index (χ1) is 7.60. The molecule has 2 unspecified atom stereocenters. The molecule has 88 valence electrons. The van der Waals surface area contributed by atoms with Crippen LogP contribution in [0.5, 0.6) is 0 Å². The van der Waals surface area contributed by atoms with Crippen LogP contribution in [0.15, 0.2) is 12.2 Å². The average molecular weight is 224 g/mol. The highest BCUT2D eigenvalue weighted by atomic mass is 16.5. The minimum atomic E-state index is -0.778. The summed E-state index contributed by atoms with van der Waals surface area (Å²) < 4.78 is 9.47. The Balaban J connectivity index is 2.28. The average Bonchev–Trinajstić information content (AvgIpc) is 2.70. The highest BCUT2D eigenvalue weighted by Crippen LogP contribution is 2.70. The Labute approximate surface area is 94.6 Å². The van der Waals surface area contributed by atoms with Crippen LogP contribution in [0.2, 0.25) is 0 Å². The van der Waals surface area contributed by atoms with Crippen molar-refractivity contribution in [2.75, 3.05) is 14.2 Å². The number of hydrogen-bond donors (Lipinski definition) is 0. The third-order valence-electron chi connectivity index (χ3n) is 4.03. The van der Waals surface area contributed by atoms with Gasteiger partial charge in [-0.25, -0.2) is 4.79 Å². The van der Waals surface area contributed by atoms with Crippen LogP contribution in [0.4, 0.5) is 0 Å². The highest BCUT2D eigenvalue weighted by Gasteiger charge is 2.74. The second-order valence-corrected chi connectivity index (χ2v) is 4.47. The van der Waals surface area contributed by atoms with Gasteiger partial charge in [-0.05, 0) is 24.7 Å². The molecule has 0 aromatic rings. The third kappa shape index (κ3) is 1.16. The molecule has 0 radical (unpaired) electrons. The van der Waals surface area contributed by atoms with Crippen molar-refractivity contribution in [1.82, 2.24) is 0 Å². The van der Waals surface area contributed by atoms with Crippen molar-refractivity contribution in [3.8, 4) is 0 Å². The van der Waals surface area contributed by atoms with Crippen LogP contribution < -0.4 is 0 Å². The summed E-state index contributed by atoms with van der Waals surface area (Å²) >= 11 is 0. The third-order valence-corrected chi connectivity index (χ3v) is 4.03. The van der Waals surface area contributed by atoms with E-state index in [-0.39, 0.29) is 23.4 Å². The van der Waals surface area contributed by atoms with Crippen LogP contribution >= 0.6 is 0 Å². The number of carbonyl (C=O) groups is 2. The summed E-state index contributed by atoms with van der Waals surface area (Å²) in [5.41, 5.74) is -0.517. The zero-order chi connectivity index (χ0) is 11.9. The Kier molecular flexibility index (Phi) is 2.52. The Morgan fingerprint density at radius 3 is 2.19 bits per heavy atom. The summed E-state index contributed by atoms with van der Waals surface area (Å²) in [6, 6.07) is 0. The zero-order valence-corrected chi connectivity index (χ0v) is 9.62. The van der Waals surface area contributed by atoms with Gasteiger partial charge >= 0.3 is 11.9 Å². The van der Waals surface area contributed by atoms with Crippen LogP contribution in [0.25, 0.3) is 0 Å². The molecule has 0 aromatic carbocycles. The predicted octanol–water partition coefficient (Wildman–Crippen LogP) is 1.30. The van der Waals surface area contributed by atoms with Gasteiger partial charge in [0.05, 0.1) is 14.2 Å². The van der Waals surface area contributed by atoms with E-state index >= 15 is 0 Å². The van der Waals surface area contributed by atoms with Gasteiger partial charge in [-0.2, -0.15) is 0 Å². The molecule has 4 heteroatoms. The van der Waals surface area contributed by atoms with Crippen molar-refractivity contribution in [1.29, 1.82) is 0 Å². The molecule has 0 aliphatic heterocycles. The topological polar surface area (TPSA) is 52.6 Å². The van der Waals surface area contributed by atoms with E-state index in [4.69, 9.17) is 4.74 Å². The maximum atomic E-state index is 11.9. The van der Waals surface area contributed by atoms with Crippen LogP contribution in [-0.4, -0.2) is 26.2 Å². The molecule has 2 rings (SSSR count). The Morgan fingerprint density at radius 2 is 1.75 bits per heavy atom. The number of methoxy groups -OCH3 is 2. The first-order valence-corrected chi connectivity index (χ1v) is 5.46. The molecular weight excluding hydrogens is 208 g/mol. The van der Waals surface area contributed by atoms with Gasteiger partial charge in [-0.1, -0.05) is 13.0 Å². The fourth-order valence-corrected chi connectivity index (χ4v) is 3.29. The molecule has 16 heavy (non-hydrogen) atoms. The zero-order valence-electron chi connectivity index (χ0n) is 9.62. The molecule has 2 fully saturated rings. The largest absolute Gasteiger partial charge is 0.468 e. The van der Waals surface area contributed by atoms with Gasteiger partial charge in [0, 0.05) is 5.57 Å². The normalized spacial score (nSPS) is 35.1. The lowest BCUT2D eigenvalue weighted by molar-refractivity contribution is -0.150. The summed E-state index contributed by atoms with van der Waals surface area (Å²) in [7, 11) is 2.65. The monoisotopic (exact) mass is 224 g/mol. The highest BCUT2D eigenvalue weighted by molar-refractivity contribution is 6.00. The predicted molar refractivity (Wildman–Crippen MR) is 56.4 cm³/mol. The summed E-state index contributed by atoms with van der Waals surface area (Å²) in [4.78, 5) is 23.4. The summed E-state index contributed by atoms with van der Waals surface area (Å²) in [6.45, 7) is 3.74. The number of rotatable bonds is 3. The van der Waals surface area contributed by atoms with Crippen LogP contribution in [0.3, 0.4) is 0 Å². The Bertz CT molecular complexity index is 348. The standard InChI is InChI=1S/C12H16O4/c1-7(10(13)15-2)12(11(14)16-3)8-5-4-6-9(8)12/h8-9H,1,4-6H2,2-3H3. The molecular formula is C12H16O4. The molecule has 4 nitrogen and oxygen atoms in total. The van der Waals surface area contributed by atoms with Gasteiger partial charge in [-0.15, -0.1) is 0 Å². The van der Waals surface area contributed by atoms with Crippen molar-refractivity contribution in [3.05, 3.63) is 12.2 Å². The first-order valence-electron chi connectivity index (χ1n) is 5.46. The van der Waals surface area contributed by atoms with Gasteiger partial charge < -0.3 is 9.47 Å². The fourth-order valence-electron chi connectivity index (χ4n) is 3.29. The van der Waals surface area contributed by atoms with Crippen molar-refractivity contribution < 1.29 is 19.1 Å². The molecule has 2 aliphatic carbocycles. The van der Waals surface area contributed by atoms with Gasteiger partial charge in [-0.3, -0.25) is 4.79 Å². The van der Waals surface area contributed by atoms with Gasteiger partial charge in [0.2, 0.25) is 0 Å². The van der Waals surface area contributed by atoms with Crippen molar-refractivity contribution >= 4 is 11.9 Å². The van der Waals surface area contributed by atoms with E-state index in [1.807, 2.05) is 0 Å². The number of hydrogen-bond acceptors (Lipinski definition) is 4. The molecule has 0 N–H and O–H groups in total. The number of ether oxygens (including phenoxy) is 2. The number of carbonyl (C=O) groups excluding carboxylic acids is 2. The molecule has 0 spiro atoms. The fraction of sp³-hybridized carbons (Fsp3) is 0.667. The first kappa shape index (κ1) is 11.2. The van der Waals surface area contributed by atoms with E-state index < -0.39 is 11.4 Å². The quantitative estimate of drug-likeness (QED) is 0.535. The van der Waals surface area contributed by atoms with E-state index in [2.05, 4.69) is 11.3 Å². The maximum absolute atomic E-state index is 11.9. The summed E-state index contributed by atoms with van der Waals surface area (Å²) in [6.07, 6.45) is 3.05. The number of esters is 2. The lowest BCUT2D eigenvalue weighted by atomic mass is 9.88. The van der Waals surface area contributed by atoms with E-state index in [0.29, 0.717) is 0 Å². The molecule has 2 saturated carbocycles. The smallest absolute Gasteiger partial charge is 0.334 e. The molecule has 0 bridgehead atoms. The van der Waals surface area contributed by atoms with Crippen LogP contribution in [-0.2, 0) is 19.1 Å². The number of fused-ring (bicyclic) bond motifs is 1. The minimum absolute atomic E-state index is 0.228. The van der Waals surface area contributed by atoms with Gasteiger partial charge in [0.15, 0.2) is 0 Å². The second kappa shape index (κ2) is 3.61. The summed E-state index contributed by atoms with van der Waals surface area (Å²) in [5.74, 6) is -0.379. The molecule has 0 saturated heterocycles. The second-order valence-electron chi connectivity index (χ2n) is 4.47.